The average Bonchev–Trinajstić information content (AvgIpc) is 2.54. The lowest BCUT2D eigenvalue weighted by molar-refractivity contribution is -0.124. The van der Waals surface area contributed by atoms with E-state index in [-0.39, 0.29) is 11.9 Å². The maximum atomic E-state index is 12.0. The largest absolute Gasteiger partial charge is 0.378 e. The third-order valence-corrected chi connectivity index (χ3v) is 4.42. The highest BCUT2D eigenvalue weighted by atomic mass is 16.1. The van der Waals surface area contributed by atoms with Crippen molar-refractivity contribution < 1.29 is 4.79 Å². The molecule has 0 aromatic heterocycles. The highest BCUT2D eigenvalue weighted by Gasteiger charge is 2.31. The quantitative estimate of drug-likeness (QED) is 0.941. The molecule has 4 heteroatoms. The molecule has 2 aromatic rings. The Bertz CT molecular complexity index is 694. The molecule has 23 heavy (non-hydrogen) atoms. The van der Waals surface area contributed by atoms with E-state index in [9.17, 15) is 4.79 Å². The number of hydrogen-bond donors (Lipinski definition) is 1. The van der Waals surface area contributed by atoms with Crippen LogP contribution in [0.15, 0.2) is 42.5 Å². The van der Waals surface area contributed by atoms with Crippen molar-refractivity contribution in [2.24, 2.45) is 5.73 Å². The van der Waals surface area contributed by atoms with Crippen LogP contribution >= 0.6 is 0 Å². The molecule has 0 saturated carbocycles. The Hall–Kier alpha value is -2.33. The minimum atomic E-state index is -0.359. The van der Waals surface area contributed by atoms with E-state index in [1.54, 1.807) is 0 Å². The summed E-state index contributed by atoms with van der Waals surface area (Å²) >= 11 is 0. The third kappa shape index (κ3) is 3.22. The van der Waals surface area contributed by atoms with Crippen molar-refractivity contribution in [1.29, 1.82) is 0 Å². The maximum Gasteiger partial charge on any atom is 0.239 e. The Morgan fingerprint density at radius 2 is 2.04 bits per heavy atom. The standard InChI is InChI=1S/C19H22N3O/c1-21(2)16-9-7-14(8-10-16)13-22-12-11-15-5-3-4-6-17(15)18(22)19(20)23/h4-10,18H,11-13H2,1-2H3,(H2,20,23). The lowest BCUT2D eigenvalue weighted by Crippen LogP contribution is -2.42. The number of carbonyl (C=O) groups is 1. The number of amides is 1. The van der Waals surface area contributed by atoms with Gasteiger partial charge in [0.2, 0.25) is 5.91 Å². The van der Waals surface area contributed by atoms with Crippen LogP contribution in [0.25, 0.3) is 0 Å². The topological polar surface area (TPSA) is 49.6 Å². The smallest absolute Gasteiger partial charge is 0.239 e. The van der Waals surface area contributed by atoms with E-state index in [1.807, 2.05) is 32.3 Å². The summed E-state index contributed by atoms with van der Waals surface area (Å²) in [6.45, 7) is 1.55. The molecule has 0 bridgehead atoms. The molecule has 2 aromatic carbocycles. The van der Waals surface area contributed by atoms with Gasteiger partial charge in [-0.25, -0.2) is 0 Å². The second kappa shape index (κ2) is 6.42. The van der Waals surface area contributed by atoms with E-state index in [2.05, 4.69) is 40.1 Å². The molecule has 119 valence electrons. The molecular formula is C19H22N3O. The number of fused-ring (bicyclic) bond motifs is 1. The van der Waals surface area contributed by atoms with Crippen LogP contribution in [0, 0.1) is 6.07 Å². The molecule has 1 aliphatic heterocycles. The number of anilines is 1. The van der Waals surface area contributed by atoms with Gasteiger partial charge in [0.25, 0.3) is 0 Å². The zero-order valence-corrected chi connectivity index (χ0v) is 13.6. The minimum Gasteiger partial charge on any atom is -0.378 e. The normalized spacial score (nSPS) is 17.6. The highest BCUT2D eigenvalue weighted by molar-refractivity contribution is 5.82. The first-order valence-electron chi connectivity index (χ1n) is 7.85. The predicted octanol–water partition coefficient (Wildman–Crippen LogP) is 2.14. The van der Waals surface area contributed by atoms with Crippen LogP contribution in [0.5, 0.6) is 0 Å². The fourth-order valence-corrected chi connectivity index (χ4v) is 3.19. The monoisotopic (exact) mass is 308 g/mol. The number of primary amides is 1. The number of nitrogens with two attached hydrogens (primary N) is 1. The first kappa shape index (κ1) is 15.6. The van der Waals surface area contributed by atoms with E-state index in [1.165, 1.54) is 16.8 Å². The van der Waals surface area contributed by atoms with E-state index >= 15 is 0 Å². The van der Waals surface area contributed by atoms with E-state index in [0.29, 0.717) is 0 Å². The molecule has 0 spiro atoms. The van der Waals surface area contributed by atoms with Crippen molar-refractivity contribution in [2.75, 3.05) is 25.5 Å². The molecule has 0 aliphatic carbocycles. The van der Waals surface area contributed by atoms with Crippen LogP contribution in [0.4, 0.5) is 5.69 Å². The van der Waals surface area contributed by atoms with Crippen LogP contribution in [0.2, 0.25) is 0 Å². The molecular weight excluding hydrogens is 286 g/mol. The lowest BCUT2D eigenvalue weighted by Gasteiger charge is -2.35. The minimum absolute atomic E-state index is 0.290. The number of nitrogens with zero attached hydrogens (tertiary/aromatic N) is 2. The van der Waals surface area contributed by atoms with Gasteiger partial charge in [-0.05, 0) is 41.3 Å². The van der Waals surface area contributed by atoms with E-state index in [4.69, 9.17) is 5.73 Å². The second-order valence-electron chi connectivity index (χ2n) is 6.21. The van der Waals surface area contributed by atoms with Gasteiger partial charge in [0.15, 0.2) is 0 Å². The van der Waals surface area contributed by atoms with Gasteiger partial charge >= 0.3 is 0 Å². The summed E-state index contributed by atoms with van der Waals surface area (Å²) in [7, 11) is 4.05. The predicted molar refractivity (Wildman–Crippen MR) is 92.1 cm³/mol. The van der Waals surface area contributed by atoms with Crippen molar-refractivity contribution >= 4 is 11.6 Å². The van der Waals surface area contributed by atoms with Crippen LogP contribution in [0.3, 0.4) is 0 Å². The van der Waals surface area contributed by atoms with Gasteiger partial charge in [-0.3, -0.25) is 9.69 Å². The summed E-state index contributed by atoms with van der Waals surface area (Å²) in [6, 6.07) is 16.9. The Labute approximate surface area is 137 Å². The van der Waals surface area contributed by atoms with Gasteiger partial charge in [0.05, 0.1) is 0 Å². The molecule has 1 radical (unpaired) electrons. The number of carbonyl (C=O) groups excluding carboxylic acids is 1. The Morgan fingerprint density at radius 3 is 2.70 bits per heavy atom. The second-order valence-corrected chi connectivity index (χ2v) is 6.21. The summed E-state index contributed by atoms with van der Waals surface area (Å²) in [5.41, 5.74) is 10.2. The Balaban J connectivity index is 1.83. The number of hydrogen-bond acceptors (Lipinski definition) is 3. The van der Waals surface area contributed by atoms with E-state index < -0.39 is 0 Å². The van der Waals surface area contributed by atoms with Gasteiger partial charge in [-0.2, -0.15) is 0 Å². The van der Waals surface area contributed by atoms with Crippen molar-refractivity contribution in [3.8, 4) is 0 Å². The first-order valence-corrected chi connectivity index (χ1v) is 7.85. The van der Waals surface area contributed by atoms with Crippen LogP contribution < -0.4 is 10.6 Å². The Morgan fingerprint density at radius 1 is 1.30 bits per heavy atom. The van der Waals surface area contributed by atoms with Crippen molar-refractivity contribution in [1.82, 2.24) is 4.90 Å². The van der Waals surface area contributed by atoms with Gasteiger partial charge in [0, 0.05) is 32.9 Å². The summed E-state index contributed by atoms with van der Waals surface area (Å²) < 4.78 is 0. The Kier molecular flexibility index (Phi) is 4.35. The van der Waals surface area contributed by atoms with Gasteiger partial charge in [-0.15, -0.1) is 0 Å². The molecule has 2 N–H and O–H groups in total. The van der Waals surface area contributed by atoms with Crippen molar-refractivity contribution in [2.45, 2.75) is 19.0 Å². The highest BCUT2D eigenvalue weighted by Crippen LogP contribution is 2.30. The third-order valence-electron chi connectivity index (χ3n) is 4.42. The number of benzene rings is 2. The van der Waals surface area contributed by atoms with Gasteiger partial charge in [0.1, 0.15) is 6.04 Å². The zero-order chi connectivity index (χ0) is 16.4. The van der Waals surface area contributed by atoms with Crippen molar-refractivity contribution in [3.05, 3.63) is 65.2 Å². The molecule has 1 atom stereocenters. The number of rotatable bonds is 4. The molecule has 0 fully saturated rings. The van der Waals surface area contributed by atoms with Gasteiger partial charge < -0.3 is 10.6 Å². The average molecular weight is 308 g/mol. The molecule has 1 heterocycles. The van der Waals surface area contributed by atoms with Crippen LogP contribution in [0.1, 0.15) is 22.7 Å². The molecule has 1 unspecified atom stereocenters. The van der Waals surface area contributed by atoms with E-state index in [0.717, 1.165) is 25.1 Å². The molecule has 4 nitrogen and oxygen atoms in total. The lowest BCUT2D eigenvalue weighted by atomic mass is 9.92. The molecule has 0 saturated heterocycles. The van der Waals surface area contributed by atoms with Crippen molar-refractivity contribution in [3.63, 3.8) is 0 Å². The molecule has 1 amide bonds. The fraction of sp³-hybridized carbons (Fsp3) is 0.316. The maximum absolute atomic E-state index is 12.0. The van der Waals surface area contributed by atoms with Crippen LogP contribution in [-0.2, 0) is 17.8 Å². The fourth-order valence-electron chi connectivity index (χ4n) is 3.19. The SMILES string of the molecule is CN(C)c1ccc(CN2CCc3c[c]ccc3C2C(N)=O)cc1. The molecule has 3 rings (SSSR count). The summed E-state index contributed by atoms with van der Waals surface area (Å²) in [5, 5.41) is 0. The summed E-state index contributed by atoms with van der Waals surface area (Å²) in [6.07, 6.45) is 0.923. The first-order chi connectivity index (χ1) is 11.1. The van der Waals surface area contributed by atoms with Crippen LogP contribution in [-0.4, -0.2) is 31.4 Å². The summed E-state index contributed by atoms with van der Waals surface area (Å²) in [5.74, 6) is -0.290. The summed E-state index contributed by atoms with van der Waals surface area (Å²) in [4.78, 5) is 16.3. The molecule has 1 aliphatic rings. The van der Waals surface area contributed by atoms with Gasteiger partial charge in [-0.1, -0.05) is 30.3 Å². The zero-order valence-electron chi connectivity index (χ0n) is 13.6.